The van der Waals surface area contributed by atoms with Crippen molar-refractivity contribution in [2.24, 2.45) is 0 Å². The number of ether oxygens (including phenoxy) is 1. The molecule has 3 aromatic carbocycles. The summed E-state index contributed by atoms with van der Waals surface area (Å²) in [5.74, 6) is -12.2. The molecule has 3 rings (SSSR count). The van der Waals surface area contributed by atoms with Crippen LogP contribution in [0.4, 0.5) is 45.2 Å². The van der Waals surface area contributed by atoms with Crippen LogP contribution in [0.25, 0.3) is 11.1 Å². The topological polar surface area (TPSA) is 35.2 Å². The van der Waals surface area contributed by atoms with E-state index in [0.717, 1.165) is 18.2 Å². The number of anilines is 1. The Bertz CT molecular complexity index is 1130. The van der Waals surface area contributed by atoms with E-state index in [1.165, 1.54) is 30.3 Å². The fraction of sp³-hybridized carbons (Fsp3) is 0.182. The summed E-state index contributed by atoms with van der Waals surface area (Å²) in [4.78, 5) is 0. The second kappa shape index (κ2) is 8.53. The van der Waals surface area contributed by atoms with Gasteiger partial charge in [0.15, 0.2) is 0 Å². The lowest BCUT2D eigenvalue weighted by Crippen LogP contribution is -2.44. The van der Waals surface area contributed by atoms with E-state index in [0.29, 0.717) is 18.2 Å². The van der Waals surface area contributed by atoms with Crippen molar-refractivity contribution in [3.63, 3.8) is 0 Å². The molecule has 176 valence electrons. The van der Waals surface area contributed by atoms with Crippen molar-refractivity contribution in [2.75, 3.05) is 5.73 Å². The van der Waals surface area contributed by atoms with Crippen LogP contribution in [0.15, 0.2) is 66.7 Å². The predicted molar refractivity (Wildman–Crippen MR) is 103 cm³/mol. The molecule has 11 heteroatoms. The van der Waals surface area contributed by atoms with Gasteiger partial charge in [0.1, 0.15) is 17.1 Å². The third-order valence-electron chi connectivity index (χ3n) is 4.64. The van der Waals surface area contributed by atoms with Gasteiger partial charge in [0.05, 0.1) is 0 Å². The molecule has 0 atom stereocenters. The highest BCUT2D eigenvalue weighted by Gasteiger charge is 2.64. The largest absolute Gasteiger partial charge is 0.457 e. The van der Waals surface area contributed by atoms with Crippen molar-refractivity contribution in [3.8, 4) is 22.6 Å². The summed E-state index contributed by atoms with van der Waals surface area (Å²) < 4.78 is 127. The molecule has 0 amide bonds. The van der Waals surface area contributed by atoms with Gasteiger partial charge in [0.25, 0.3) is 0 Å². The first-order valence-electron chi connectivity index (χ1n) is 9.13. The van der Waals surface area contributed by atoms with Crippen LogP contribution in [-0.2, 0) is 12.1 Å². The molecule has 2 N–H and O–H groups in total. The molecule has 0 bridgehead atoms. The number of alkyl halides is 9. The SMILES string of the molecule is Nc1ccc(Oc2ccc(C(F)(F)C(F)(F)C(F)F)c(-c3ccccc3)c2)c(C(F)(F)F)c1. The predicted octanol–water partition coefficient (Wildman–Crippen LogP) is 7.74. The number of nitrogens with two attached hydrogens (primary N) is 1. The second-order valence-electron chi connectivity index (χ2n) is 6.93. The lowest BCUT2D eigenvalue weighted by atomic mass is 9.92. The van der Waals surface area contributed by atoms with Gasteiger partial charge in [-0.15, -0.1) is 0 Å². The zero-order chi connectivity index (χ0) is 24.6. The molecule has 0 spiro atoms. The Hall–Kier alpha value is -3.37. The van der Waals surface area contributed by atoms with E-state index in [1.54, 1.807) is 0 Å². The lowest BCUT2D eigenvalue weighted by molar-refractivity contribution is -0.270. The van der Waals surface area contributed by atoms with Gasteiger partial charge in [0.2, 0.25) is 0 Å². The Morgan fingerprint density at radius 3 is 1.94 bits per heavy atom. The maximum Gasteiger partial charge on any atom is 0.420 e. The Morgan fingerprint density at radius 2 is 1.36 bits per heavy atom. The van der Waals surface area contributed by atoms with Crippen LogP contribution in [0, 0.1) is 0 Å². The minimum Gasteiger partial charge on any atom is -0.457 e. The molecular formula is C22H14F9NO. The molecule has 0 unspecified atom stereocenters. The number of benzene rings is 3. The molecule has 0 saturated carbocycles. The number of rotatable bonds is 6. The fourth-order valence-corrected chi connectivity index (χ4v) is 3.02. The standard InChI is InChI=1S/C22H14F9NO/c23-19(24)21(27,28)20(25,26)16-8-7-14(11-15(16)12-4-2-1-3-5-12)33-18-9-6-13(32)10-17(18)22(29,30)31/h1-11,19H,32H2. The Labute approximate surface area is 181 Å². The van der Waals surface area contributed by atoms with Gasteiger partial charge in [-0.3, -0.25) is 0 Å². The minimum absolute atomic E-state index is 0.0731. The van der Waals surface area contributed by atoms with Crippen molar-refractivity contribution < 1.29 is 44.3 Å². The molecule has 0 aliphatic carbocycles. The zero-order valence-corrected chi connectivity index (χ0v) is 16.3. The lowest BCUT2D eigenvalue weighted by Gasteiger charge is -2.28. The van der Waals surface area contributed by atoms with Crippen LogP contribution in [0.1, 0.15) is 11.1 Å². The summed E-state index contributed by atoms with van der Waals surface area (Å²) in [6.07, 6.45) is -9.55. The summed E-state index contributed by atoms with van der Waals surface area (Å²) in [6, 6.07) is 11.2. The Morgan fingerprint density at radius 1 is 0.727 bits per heavy atom. The molecule has 0 aliphatic rings. The molecule has 3 aromatic rings. The summed E-state index contributed by atoms with van der Waals surface area (Å²) in [5.41, 5.74) is 1.76. The molecular weight excluding hydrogens is 465 g/mol. The monoisotopic (exact) mass is 479 g/mol. The first-order valence-corrected chi connectivity index (χ1v) is 9.13. The first kappa shape index (κ1) is 24.3. The third kappa shape index (κ3) is 4.71. The molecule has 0 aromatic heterocycles. The molecule has 0 saturated heterocycles. The van der Waals surface area contributed by atoms with E-state index in [2.05, 4.69) is 0 Å². The van der Waals surface area contributed by atoms with Crippen LogP contribution in [0.5, 0.6) is 11.5 Å². The number of hydrogen-bond acceptors (Lipinski definition) is 2. The van der Waals surface area contributed by atoms with Crippen molar-refractivity contribution in [2.45, 2.75) is 24.4 Å². The number of nitrogen functional groups attached to an aromatic ring is 1. The van der Waals surface area contributed by atoms with Crippen molar-refractivity contribution in [1.29, 1.82) is 0 Å². The highest BCUT2D eigenvalue weighted by Crippen LogP contribution is 2.50. The second-order valence-corrected chi connectivity index (χ2v) is 6.93. The molecule has 0 radical (unpaired) electrons. The van der Waals surface area contributed by atoms with Crippen LogP contribution in [-0.4, -0.2) is 12.3 Å². The van der Waals surface area contributed by atoms with Gasteiger partial charge in [-0.2, -0.15) is 30.7 Å². The molecule has 33 heavy (non-hydrogen) atoms. The van der Waals surface area contributed by atoms with Crippen LogP contribution in [0.2, 0.25) is 0 Å². The summed E-state index contributed by atoms with van der Waals surface area (Å²) in [7, 11) is 0. The fourth-order valence-electron chi connectivity index (χ4n) is 3.02. The molecule has 0 fully saturated rings. The Kier molecular flexibility index (Phi) is 6.27. The molecule has 0 aliphatic heterocycles. The number of hydrogen-bond donors (Lipinski definition) is 1. The van der Waals surface area contributed by atoms with Crippen molar-refractivity contribution in [1.82, 2.24) is 0 Å². The van der Waals surface area contributed by atoms with Gasteiger partial charge in [-0.25, -0.2) is 8.78 Å². The van der Waals surface area contributed by atoms with Gasteiger partial charge < -0.3 is 10.5 Å². The Balaban J connectivity index is 2.16. The van der Waals surface area contributed by atoms with E-state index in [-0.39, 0.29) is 11.3 Å². The van der Waals surface area contributed by atoms with Crippen LogP contribution in [0.3, 0.4) is 0 Å². The maximum atomic E-state index is 14.5. The van der Waals surface area contributed by atoms with Gasteiger partial charge in [0, 0.05) is 11.3 Å². The third-order valence-corrected chi connectivity index (χ3v) is 4.64. The zero-order valence-electron chi connectivity index (χ0n) is 16.3. The van der Waals surface area contributed by atoms with E-state index < -0.39 is 52.6 Å². The van der Waals surface area contributed by atoms with Crippen molar-refractivity contribution >= 4 is 5.69 Å². The van der Waals surface area contributed by atoms with Gasteiger partial charge in [-0.05, 0) is 47.5 Å². The van der Waals surface area contributed by atoms with Gasteiger partial charge >= 0.3 is 24.4 Å². The normalized spacial score (nSPS) is 12.8. The van der Waals surface area contributed by atoms with Crippen molar-refractivity contribution in [3.05, 3.63) is 77.9 Å². The average molecular weight is 479 g/mol. The van der Waals surface area contributed by atoms with Gasteiger partial charge in [-0.1, -0.05) is 30.3 Å². The number of halogens is 9. The van der Waals surface area contributed by atoms with Crippen LogP contribution >= 0.6 is 0 Å². The highest BCUT2D eigenvalue weighted by atomic mass is 19.4. The van der Waals surface area contributed by atoms with E-state index in [9.17, 15) is 39.5 Å². The maximum absolute atomic E-state index is 14.5. The first-order chi connectivity index (χ1) is 15.2. The molecule has 0 heterocycles. The van der Waals surface area contributed by atoms with E-state index >= 15 is 0 Å². The summed E-state index contributed by atoms with van der Waals surface area (Å²) in [6.45, 7) is 0. The van der Waals surface area contributed by atoms with Crippen LogP contribution < -0.4 is 10.5 Å². The minimum atomic E-state index is -5.71. The quantitative estimate of drug-likeness (QED) is 0.290. The summed E-state index contributed by atoms with van der Waals surface area (Å²) >= 11 is 0. The highest BCUT2D eigenvalue weighted by molar-refractivity contribution is 5.70. The average Bonchev–Trinajstić information content (AvgIpc) is 2.74. The van der Waals surface area contributed by atoms with E-state index in [4.69, 9.17) is 10.5 Å². The smallest absolute Gasteiger partial charge is 0.420 e. The van der Waals surface area contributed by atoms with E-state index in [1.807, 2.05) is 0 Å². The summed E-state index contributed by atoms with van der Waals surface area (Å²) in [5, 5.41) is 0. The molecule has 2 nitrogen and oxygen atoms in total.